The molecule has 2 unspecified atom stereocenters. The van der Waals surface area contributed by atoms with Crippen LogP contribution < -0.4 is 0 Å². The number of hydrogen-bond acceptors (Lipinski definition) is 3. The van der Waals surface area contributed by atoms with Gasteiger partial charge in [0.1, 0.15) is 10.1 Å². The molecule has 1 aromatic rings. The van der Waals surface area contributed by atoms with Crippen LogP contribution in [-0.4, -0.2) is 27.8 Å². The number of aliphatic imine (C=N–C) groups is 1. The van der Waals surface area contributed by atoms with Crippen molar-refractivity contribution in [2.45, 2.75) is 23.5 Å². The molecule has 0 saturated carbocycles. The van der Waals surface area contributed by atoms with Crippen LogP contribution in [0, 0.1) is 6.92 Å². The van der Waals surface area contributed by atoms with Crippen molar-refractivity contribution < 1.29 is 4.79 Å². The molecule has 102 valence electrons. The number of nitrogens with zero attached hydrogens (tertiary/aromatic N) is 2. The molecule has 0 bridgehead atoms. The van der Waals surface area contributed by atoms with Crippen molar-refractivity contribution in [3.8, 4) is 0 Å². The van der Waals surface area contributed by atoms with Gasteiger partial charge in [-0.05, 0) is 30.1 Å². The minimum Gasteiger partial charge on any atom is -0.284 e. The smallest absolute Gasteiger partial charge is 0.284 e. The van der Waals surface area contributed by atoms with Gasteiger partial charge in [-0.2, -0.15) is 0 Å². The average molecular weight is 302 g/mol. The molecule has 20 heavy (non-hydrogen) atoms. The Kier molecular flexibility index (Phi) is 2.76. The summed E-state index contributed by atoms with van der Waals surface area (Å²) in [6.45, 7) is 2.11. The van der Waals surface area contributed by atoms with Gasteiger partial charge in [0.15, 0.2) is 0 Å². The zero-order valence-corrected chi connectivity index (χ0v) is 12.7. The minimum absolute atomic E-state index is 0.108. The second-order valence-corrected chi connectivity index (χ2v) is 7.56. The maximum absolute atomic E-state index is 12.1. The number of amides is 2. The quantitative estimate of drug-likeness (QED) is 0.792. The Morgan fingerprint density at radius 2 is 2.35 bits per heavy atom. The maximum Gasteiger partial charge on any atom is 0.348 e. The highest BCUT2D eigenvalue weighted by Crippen LogP contribution is 2.55. The summed E-state index contributed by atoms with van der Waals surface area (Å²) in [6.07, 6.45) is 2.78. The number of carbonyl (C=O) groups excluding carboxylic acids is 1. The van der Waals surface area contributed by atoms with Crippen molar-refractivity contribution in [1.82, 2.24) is 4.90 Å². The summed E-state index contributed by atoms with van der Waals surface area (Å²) < 4.78 is -0.173. The van der Waals surface area contributed by atoms with E-state index < -0.39 is 0 Å². The molecule has 1 saturated heterocycles. The fraction of sp³-hybridized carbons (Fsp3) is 0.333. The first-order valence-corrected chi connectivity index (χ1v) is 8.58. The number of thioether (sulfide) groups is 2. The second kappa shape index (κ2) is 4.40. The lowest BCUT2D eigenvalue weighted by Gasteiger charge is -2.41. The highest BCUT2D eigenvalue weighted by Gasteiger charge is 2.55. The molecule has 1 aromatic carbocycles. The topological polar surface area (TPSA) is 32.7 Å². The van der Waals surface area contributed by atoms with Crippen LogP contribution in [0.5, 0.6) is 0 Å². The van der Waals surface area contributed by atoms with Gasteiger partial charge in [-0.25, -0.2) is 9.79 Å². The Morgan fingerprint density at radius 3 is 3.20 bits per heavy atom. The molecule has 3 nitrogen and oxygen atoms in total. The molecule has 3 aliphatic heterocycles. The fourth-order valence-corrected chi connectivity index (χ4v) is 6.10. The van der Waals surface area contributed by atoms with E-state index in [1.165, 1.54) is 11.1 Å². The molecule has 0 N–H and O–H groups in total. The number of carbonyl (C=O) groups is 1. The Hall–Kier alpha value is -1.20. The SMILES string of the molecule is Cc1cccc(C23SCCC2=NC(=O)N2C=CSC23)c1. The second-order valence-electron chi connectivity index (χ2n) is 5.23. The van der Waals surface area contributed by atoms with Crippen molar-refractivity contribution in [1.29, 1.82) is 0 Å². The molecule has 5 heteroatoms. The van der Waals surface area contributed by atoms with Crippen molar-refractivity contribution >= 4 is 35.3 Å². The number of rotatable bonds is 1. The zero-order chi connectivity index (χ0) is 13.7. The third kappa shape index (κ3) is 1.56. The van der Waals surface area contributed by atoms with Gasteiger partial charge in [-0.15, -0.1) is 23.5 Å². The van der Waals surface area contributed by atoms with Crippen LogP contribution in [0.2, 0.25) is 0 Å². The molecule has 0 aromatic heterocycles. The van der Waals surface area contributed by atoms with Crippen molar-refractivity contribution in [3.63, 3.8) is 0 Å². The van der Waals surface area contributed by atoms with Gasteiger partial charge in [0.2, 0.25) is 0 Å². The van der Waals surface area contributed by atoms with Gasteiger partial charge in [0, 0.05) is 11.9 Å². The number of hydrogen-bond donors (Lipinski definition) is 0. The zero-order valence-electron chi connectivity index (χ0n) is 11.1. The van der Waals surface area contributed by atoms with E-state index in [1.54, 1.807) is 16.7 Å². The van der Waals surface area contributed by atoms with Gasteiger partial charge >= 0.3 is 6.03 Å². The Morgan fingerprint density at radius 1 is 1.45 bits per heavy atom. The third-order valence-corrected chi connectivity index (χ3v) is 6.85. The maximum atomic E-state index is 12.1. The fourth-order valence-electron chi connectivity index (χ4n) is 3.15. The van der Waals surface area contributed by atoms with E-state index in [0.29, 0.717) is 0 Å². The van der Waals surface area contributed by atoms with Crippen LogP contribution in [0.4, 0.5) is 4.79 Å². The predicted molar refractivity (Wildman–Crippen MR) is 85.1 cm³/mol. The normalized spacial score (nSPS) is 31.2. The Labute approximate surface area is 126 Å². The predicted octanol–water partition coefficient (Wildman–Crippen LogP) is 3.75. The lowest BCUT2D eigenvalue weighted by Crippen LogP contribution is -2.51. The molecule has 3 heterocycles. The molecular formula is C15H14N2OS2. The number of aryl methyl sites for hydroxylation is 1. The Balaban J connectivity index is 1.93. The Bertz CT molecular complexity index is 655. The lowest BCUT2D eigenvalue weighted by atomic mass is 9.89. The van der Waals surface area contributed by atoms with E-state index in [1.807, 2.05) is 23.4 Å². The number of fused-ring (bicyclic) bond motifs is 3. The van der Waals surface area contributed by atoms with E-state index in [-0.39, 0.29) is 16.2 Å². The molecule has 0 spiro atoms. The summed E-state index contributed by atoms with van der Waals surface area (Å²) in [4.78, 5) is 18.3. The van der Waals surface area contributed by atoms with Crippen LogP contribution in [-0.2, 0) is 4.75 Å². The van der Waals surface area contributed by atoms with Crippen LogP contribution in [0.25, 0.3) is 0 Å². The molecule has 2 amide bonds. The summed E-state index contributed by atoms with van der Waals surface area (Å²) in [7, 11) is 0. The highest BCUT2D eigenvalue weighted by atomic mass is 32.2. The summed E-state index contributed by atoms with van der Waals surface area (Å²) >= 11 is 3.66. The first-order chi connectivity index (χ1) is 9.72. The molecule has 0 aliphatic carbocycles. The van der Waals surface area contributed by atoms with Gasteiger partial charge in [-0.3, -0.25) is 4.90 Å². The van der Waals surface area contributed by atoms with Gasteiger partial charge in [0.05, 0.1) is 0 Å². The molecule has 4 rings (SSSR count). The summed E-state index contributed by atoms with van der Waals surface area (Å²) in [5, 5.41) is 2.12. The summed E-state index contributed by atoms with van der Waals surface area (Å²) in [5.41, 5.74) is 3.58. The van der Waals surface area contributed by atoms with Gasteiger partial charge < -0.3 is 0 Å². The first-order valence-electron chi connectivity index (χ1n) is 6.65. The van der Waals surface area contributed by atoms with Gasteiger partial charge in [-0.1, -0.05) is 29.8 Å². The molecule has 1 fully saturated rings. The molecular weight excluding hydrogens is 288 g/mol. The van der Waals surface area contributed by atoms with Crippen molar-refractivity contribution in [2.75, 3.05) is 5.75 Å². The lowest BCUT2D eigenvalue weighted by molar-refractivity contribution is 0.217. The monoisotopic (exact) mass is 302 g/mol. The van der Waals surface area contributed by atoms with Crippen LogP contribution in [0.15, 0.2) is 40.9 Å². The number of urea groups is 1. The van der Waals surface area contributed by atoms with Crippen molar-refractivity contribution in [2.24, 2.45) is 4.99 Å². The van der Waals surface area contributed by atoms with Crippen LogP contribution in [0.3, 0.4) is 0 Å². The molecule has 2 atom stereocenters. The standard InChI is InChI=1S/C15H14N2OS2/c1-10-3-2-4-11(9-10)15-12(5-7-20-15)16-14(18)17-6-8-19-13(15)17/h2-4,6,8-9,13H,5,7H2,1H3. The van der Waals surface area contributed by atoms with Crippen LogP contribution >= 0.6 is 23.5 Å². The first kappa shape index (κ1) is 12.5. The van der Waals surface area contributed by atoms with E-state index in [4.69, 9.17) is 0 Å². The van der Waals surface area contributed by atoms with E-state index in [9.17, 15) is 4.79 Å². The largest absolute Gasteiger partial charge is 0.348 e. The highest BCUT2D eigenvalue weighted by molar-refractivity contribution is 8.06. The summed E-state index contributed by atoms with van der Waals surface area (Å²) in [6, 6.07) is 8.51. The summed E-state index contributed by atoms with van der Waals surface area (Å²) in [5.74, 6) is 1.03. The van der Waals surface area contributed by atoms with Crippen molar-refractivity contribution in [3.05, 3.63) is 47.0 Å². The third-order valence-electron chi connectivity index (χ3n) is 4.03. The van der Waals surface area contributed by atoms with E-state index >= 15 is 0 Å². The van der Waals surface area contributed by atoms with Crippen LogP contribution in [0.1, 0.15) is 17.5 Å². The van der Waals surface area contributed by atoms with Gasteiger partial charge in [0.25, 0.3) is 0 Å². The number of benzene rings is 1. The average Bonchev–Trinajstić information content (AvgIpc) is 3.05. The van der Waals surface area contributed by atoms with E-state index in [0.717, 1.165) is 17.9 Å². The van der Waals surface area contributed by atoms with E-state index in [2.05, 4.69) is 36.2 Å². The minimum atomic E-state index is -0.173. The molecule has 0 radical (unpaired) electrons. The molecule has 3 aliphatic rings.